The van der Waals surface area contributed by atoms with E-state index in [0.717, 1.165) is 67.6 Å². The molecule has 0 amide bonds. The first-order valence-corrected chi connectivity index (χ1v) is 11.3. The third-order valence-electron chi connectivity index (χ3n) is 7.26. The fourth-order valence-corrected chi connectivity index (χ4v) is 5.54. The van der Waals surface area contributed by atoms with Gasteiger partial charge in [0.1, 0.15) is 0 Å². The normalized spacial score (nSPS) is 23.6. The minimum Gasteiger partial charge on any atom is -0.478 e. The van der Waals surface area contributed by atoms with Crippen molar-refractivity contribution in [3.05, 3.63) is 70.4 Å². The van der Waals surface area contributed by atoms with Crippen LogP contribution in [0.5, 0.6) is 0 Å². The topological polar surface area (TPSA) is 65.6 Å². The standard InChI is InChI=1S/C27H28N2O3/c1-3-19-15-18(2)25-22(9-12-28-25)23(19)17-29-13-11-27(10-4-14-32-27)16-24(29)20-5-7-21(8-6-20)26(30)31/h1,5-9,12,15,24,28H,4,10-11,13-14,16-17H2,2H3,(H,30,31). The predicted molar refractivity (Wildman–Crippen MR) is 125 cm³/mol. The lowest BCUT2D eigenvalue weighted by Crippen LogP contribution is -2.45. The fourth-order valence-electron chi connectivity index (χ4n) is 5.54. The number of likely N-dealkylation sites (tertiary alicyclic amines) is 1. The lowest BCUT2D eigenvalue weighted by atomic mass is 9.81. The highest BCUT2D eigenvalue weighted by Gasteiger charge is 2.43. The summed E-state index contributed by atoms with van der Waals surface area (Å²) >= 11 is 0. The van der Waals surface area contributed by atoms with Crippen LogP contribution in [-0.4, -0.2) is 39.7 Å². The molecule has 0 aliphatic carbocycles. The second-order valence-electron chi connectivity index (χ2n) is 9.13. The lowest BCUT2D eigenvalue weighted by Gasteiger charge is -2.45. The fraction of sp³-hybridized carbons (Fsp3) is 0.370. The quantitative estimate of drug-likeness (QED) is 0.571. The van der Waals surface area contributed by atoms with Crippen LogP contribution in [0.25, 0.3) is 10.9 Å². The number of benzene rings is 2. The van der Waals surface area contributed by atoms with Crippen molar-refractivity contribution in [1.82, 2.24) is 9.88 Å². The summed E-state index contributed by atoms with van der Waals surface area (Å²) in [6.07, 6.45) is 12.0. The minimum absolute atomic E-state index is 0.0712. The first-order chi connectivity index (χ1) is 15.5. The highest BCUT2D eigenvalue weighted by Crippen LogP contribution is 2.45. The first kappa shape index (κ1) is 20.8. The highest BCUT2D eigenvalue weighted by atomic mass is 16.5. The third kappa shape index (κ3) is 3.60. The molecule has 5 rings (SSSR count). The molecule has 0 bridgehead atoms. The van der Waals surface area contributed by atoms with E-state index < -0.39 is 5.97 Å². The molecule has 2 fully saturated rings. The number of carboxylic acids is 1. The average molecular weight is 429 g/mol. The molecule has 2 unspecified atom stereocenters. The number of aromatic carboxylic acids is 1. The SMILES string of the molecule is C#Cc1cc(C)c2[nH]ccc2c1CN1CCC2(CCCO2)CC1c1ccc(C(=O)O)cc1. The number of terminal acetylenes is 1. The van der Waals surface area contributed by atoms with E-state index in [4.69, 9.17) is 11.2 Å². The summed E-state index contributed by atoms with van der Waals surface area (Å²) in [7, 11) is 0. The van der Waals surface area contributed by atoms with Gasteiger partial charge in [-0.25, -0.2) is 4.79 Å². The average Bonchev–Trinajstić information content (AvgIpc) is 3.47. The smallest absolute Gasteiger partial charge is 0.335 e. The van der Waals surface area contributed by atoms with Crippen molar-refractivity contribution < 1.29 is 14.6 Å². The zero-order valence-electron chi connectivity index (χ0n) is 18.4. The summed E-state index contributed by atoms with van der Waals surface area (Å²) in [5.41, 5.74) is 5.76. The number of aromatic amines is 1. The van der Waals surface area contributed by atoms with Gasteiger partial charge in [-0.1, -0.05) is 18.1 Å². The van der Waals surface area contributed by atoms with Crippen LogP contribution in [0.3, 0.4) is 0 Å². The molecular weight excluding hydrogens is 400 g/mol. The molecule has 2 aliphatic heterocycles. The van der Waals surface area contributed by atoms with Crippen LogP contribution < -0.4 is 0 Å². The molecule has 5 nitrogen and oxygen atoms in total. The number of aromatic nitrogens is 1. The minimum atomic E-state index is -0.902. The largest absolute Gasteiger partial charge is 0.478 e. The van der Waals surface area contributed by atoms with Crippen molar-refractivity contribution in [2.45, 2.75) is 50.8 Å². The molecule has 1 aromatic heterocycles. The Balaban J connectivity index is 1.53. The van der Waals surface area contributed by atoms with E-state index in [2.05, 4.69) is 34.9 Å². The van der Waals surface area contributed by atoms with Gasteiger partial charge in [-0.3, -0.25) is 4.90 Å². The first-order valence-electron chi connectivity index (χ1n) is 11.3. The second kappa shape index (κ2) is 8.12. The number of hydrogen-bond donors (Lipinski definition) is 2. The van der Waals surface area contributed by atoms with Crippen molar-refractivity contribution in [2.75, 3.05) is 13.2 Å². The maximum atomic E-state index is 11.3. The molecule has 1 spiro atoms. The molecular formula is C27H28N2O3. The zero-order chi connectivity index (χ0) is 22.3. The Bertz CT molecular complexity index is 1200. The molecule has 5 heteroatoms. The van der Waals surface area contributed by atoms with E-state index in [1.54, 1.807) is 12.1 Å². The zero-order valence-corrected chi connectivity index (χ0v) is 18.4. The maximum absolute atomic E-state index is 11.3. The van der Waals surface area contributed by atoms with Crippen LogP contribution in [0.1, 0.15) is 64.3 Å². The van der Waals surface area contributed by atoms with Crippen molar-refractivity contribution in [3.8, 4) is 12.3 Å². The summed E-state index contributed by atoms with van der Waals surface area (Å²) in [6.45, 7) is 4.57. The Morgan fingerprint density at radius 2 is 2.12 bits per heavy atom. The monoisotopic (exact) mass is 428 g/mol. The second-order valence-corrected chi connectivity index (χ2v) is 9.13. The van der Waals surface area contributed by atoms with Gasteiger partial charge in [0.05, 0.1) is 11.2 Å². The van der Waals surface area contributed by atoms with Gasteiger partial charge >= 0.3 is 5.97 Å². The molecule has 2 atom stereocenters. The van der Waals surface area contributed by atoms with E-state index in [9.17, 15) is 9.90 Å². The van der Waals surface area contributed by atoms with Crippen LogP contribution in [0, 0.1) is 19.3 Å². The number of rotatable bonds is 4. The molecule has 2 saturated heterocycles. The summed E-state index contributed by atoms with van der Waals surface area (Å²) in [5, 5.41) is 10.5. The van der Waals surface area contributed by atoms with Gasteiger partial charge in [-0.05, 0) is 73.6 Å². The van der Waals surface area contributed by atoms with Crippen molar-refractivity contribution >= 4 is 16.9 Å². The molecule has 2 aromatic carbocycles. The number of aryl methyl sites for hydroxylation is 1. The van der Waals surface area contributed by atoms with Gasteiger partial charge in [0.15, 0.2) is 0 Å². The molecule has 0 radical (unpaired) electrons. The van der Waals surface area contributed by atoms with E-state index >= 15 is 0 Å². The summed E-state index contributed by atoms with van der Waals surface area (Å²) in [5.74, 6) is 2.00. The third-order valence-corrected chi connectivity index (χ3v) is 7.26. The van der Waals surface area contributed by atoms with Crippen molar-refractivity contribution in [2.24, 2.45) is 0 Å². The Morgan fingerprint density at radius 3 is 2.81 bits per heavy atom. The number of nitrogens with zero attached hydrogens (tertiary/aromatic N) is 1. The number of piperidine rings is 1. The van der Waals surface area contributed by atoms with E-state index in [1.165, 1.54) is 10.9 Å². The number of ether oxygens (including phenoxy) is 1. The summed E-state index contributed by atoms with van der Waals surface area (Å²) < 4.78 is 6.25. The number of carbonyl (C=O) groups is 1. The van der Waals surface area contributed by atoms with Gasteiger partial charge in [0.2, 0.25) is 0 Å². The highest BCUT2D eigenvalue weighted by molar-refractivity contribution is 5.88. The van der Waals surface area contributed by atoms with Crippen LogP contribution >= 0.6 is 0 Å². The van der Waals surface area contributed by atoms with E-state index in [0.29, 0.717) is 5.56 Å². The summed E-state index contributed by atoms with van der Waals surface area (Å²) in [4.78, 5) is 17.2. The summed E-state index contributed by atoms with van der Waals surface area (Å²) in [6, 6.07) is 11.7. The Morgan fingerprint density at radius 1 is 1.31 bits per heavy atom. The van der Waals surface area contributed by atoms with Crippen LogP contribution in [0.2, 0.25) is 0 Å². The van der Waals surface area contributed by atoms with Gasteiger partial charge < -0.3 is 14.8 Å². The Labute approximate surface area is 188 Å². The van der Waals surface area contributed by atoms with Crippen LogP contribution in [0.15, 0.2) is 42.6 Å². The Hall–Kier alpha value is -3.07. The van der Waals surface area contributed by atoms with Gasteiger partial charge in [-0.2, -0.15) is 0 Å². The molecule has 164 valence electrons. The van der Waals surface area contributed by atoms with E-state index in [-0.39, 0.29) is 11.6 Å². The Kier molecular flexibility index (Phi) is 5.28. The van der Waals surface area contributed by atoms with Crippen molar-refractivity contribution in [3.63, 3.8) is 0 Å². The molecule has 3 heterocycles. The maximum Gasteiger partial charge on any atom is 0.335 e. The van der Waals surface area contributed by atoms with Crippen LogP contribution in [0.4, 0.5) is 0 Å². The lowest BCUT2D eigenvalue weighted by molar-refractivity contribution is -0.0675. The van der Waals surface area contributed by atoms with Gasteiger partial charge in [0, 0.05) is 48.4 Å². The van der Waals surface area contributed by atoms with Gasteiger partial charge in [-0.15, -0.1) is 6.42 Å². The van der Waals surface area contributed by atoms with Crippen molar-refractivity contribution in [1.29, 1.82) is 0 Å². The number of hydrogen-bond acceptors (Lipinski definition) is 3. The number of H-pyrrole nitrogens is 1. The molecule has 2 N–H and O–H groups in total. The van der Waals surface area contributed by atoms with E-state index in [1.807, 2.05) is 18.3 Å². The molecule has 3 aromatic rings. The number of carboxylic acid groups (broad SMARTS) is 1. The van der Waals surface area contributed by atoms with Gasteiger partial charge in [0.25, 0.3) is 0 Å². The molecule has 0 saturated carbocycles. The number of fused-ring (bicyclic) bond motifs is 1. The molecule has 32 heavy (non-hydrogen) atoms. The predicted octanol–water partition coefficient (Wildman–Crippen LogP) is 5.04. The molecule has 2 aliphatic rings. The number of nitrogens with one attached hydrogen (secondary N) is 1. The van der Waals surface area contributed by atoms with Crippen LogP contribution in [-0.2, 0) is 11.3 Å².